The van der Waals surface area contributed by atoms with Gasteiger partial charge in [0.1, 0.15) is 4.32 Å². The summed E-state index contributed by atoms with van der Waals surface area (Å²) in [5.74, 6) is -0.266. The number of thioether (sulfide) groups is 1. The summed E-state index contributed by atoms with van der Waals surface area (Å²) in [7, 11) is 0. The van der Waals surface area contributed by atoms with Crippen LogP contribution in [0.5, 0.6) is 0 Å². The van der Waals surface area contributed by atoms with Gasteiger partial charge >= 0.3 is 6.18 Å². The van der Waals surface area contributed by atoms with Gasteiger partial charge in [0.2, 0.25) is 0 Å². The number of hydrogen-bond acceptors (Lipinski definition) is 3. The van der Waals surface area contributed by atoms with Crippen molar-refractivity contribution in [1.29, 1.82) is 0 Å². The zero-order valence-electron chi connectivity index (χ0n) is 12.4. The summed E-state index contributed by atoms with van der Waals surface area (Å²) >= 11 is 11.9. The van der Waals surface area contributed by atoms with Gasteiger partial charge in [0.25, 0.3) is 5.91 Å². The number of rotatable bonds is 2. The second-order valence-corrected chi connectivity index (χ2v) is 7.30. The minimum Gasteiger partial charge on any atom is -0.307 e. The first-order valence-electron chi connectivity index (χ1n) is 6.96. The Kier molecular flexibility index (Phi) is 4.90. The fourth-order valence-electron chi connectivity index (χ4n) is 2.30. The zero-order valence-corrected chi connectivity index (χ0v) is 14.7. The molecule has 1 aliphatic heterocycles. The van der Waals surface area contributed by atoms with E-state index in [1.165, 1.54) is 12.1 Å². The van der Waals surface area contributed by atoms with Crippen molar-refractivity contribution in [3.8, 4) is 11.1 Å². The minimum absolute atomic E-state index is 0.266. The number of carbonyl (C=O) groups is 1. The molecule has 8 heteroatoms. The number of halogens is 4. The van der Waals surface area contributed by atoms with Crippen molar-refractivity contribution < 1.29 is 18.0 Å². The third-order valence-corrected chi connectivity index (χ3v) is 4.91. The van der Waals surface area contributed by atoms with Gasteiger partial charge in [-0.05, 0) is 41.0 Å². The Morgan fingerprint density at radius 1 is 1.12 bits per heavy atom. The quantitative estimate of drug-likeness (QED) is 0.533. The molecule has 1 fully saturated rings. The van der Waals surface area contributed by atoms with Crippen molar-refractivity contribution in [3.63, 3.8) is 0 Å². The number of amides is 1. The highest BCUT2D eigenvalue weighted by Gasteiger charge is 2.33. The molecule has 0 aromatic heterocycles. The van der Waals surface area contributed by atoms with Gasteiger partial charge in [-0.25, -0.2) is 0 Å². The maximum absolute atomic E-state index is 12.8. The van der Waals surface area contributed by atoms with Crippen LogP contribution in [0.2, 0.25) is 5.02 Å². The molecule has 2 nitrogen and oxygen atoms in total. The summed E-state index contributed by atoms with van der Waals surface area (Å²) in [6, 6.07) is 10.7. The molecular weight excluding hydrogens is 391 g/mol. The van der Waals surface area contributed by atoms with Crippen LogP contribution in [0.3, 0.4) is 0 Å². The number of alkyl halides is 3. The summed E-state index contributed by atoms with van der Waals surface area (Å²) in [5.41, 5.74) is 1.10. The SMILES string of the molecule is O=C1NC(=S)SC1=Cc1cccc(-c2ccc(C(F)(F)F)c(Cl)c2)c1. The van der Waals surface area contributed by atoms with E-state index in [1.807, 2.05) is 0 Å². The average Bonchev–Trinajstić information content (AvgIpc) is 2.84. The normalized spacial score (nSPS) is 16.4. The molecular formula is C17H9ClF3NOS2. The van der Waals surface area contributed by atoms with Crippen LogP contribution >= 0.6 is 35.6 Å². The van der Waals surface area contributed by atoms with E-state index in [9.17, 15) is 18.0 Å². The molecule has 128 valence electrons. The first kappa shape index (κ1) is 18.0. The molecule has 1 heterocycles. The largest absolute Gasteiger partial charge is 0.417 e. The van der Waals surface area contributed by atoms with E-state index in [0.29, 0.717) is 20.4 Å². The molecule has 0 bridgehead atoms. The van der Waals surface area contributed by atoms with Crippen LogP contribution in [-0.4, -0.2) is 10.2 Å². The molecule has 0 aliphatic carbocycles. The highest BCUT2D eigenvalue weighted by atomic mass is 35.5. The van der Waals surface area contributed by atoms with Gasteiger partial charge in [-0.2, -0.15) is 13.2 Å². The molecule has 1 N–H and O–H groups in total. The van der Waals surface area contributed by atoms with E-state index in [4.69, 9.17) is 23.8 Å². The van der Waals surface area contributed by atoms with Gasteiger partial charge in [0.15, 0.2) is 0 Å². The molecule has 1 amide bonds. The fraction of sp³-hybridized carbons (Fsp3) is 0.0588. The van der Waals surface area contributed by atoms with Crippen LogP contribution in [0.1, 0.15) is 11.1 Å². The topological polar surface area (TPSA) is 29.1 Å². The van der Waals surface area contributed by atoms with E-state index in [-0.39, 0.29) is 10.9 Å². The molecule has 0 atom stereocenters. The van der Waals surface area contributed by atoms with Crippen molar-refractivity contribution >= 4 is 51.9 Å². The molecule has 0 spiro atoms. The van der Waals surface area contributed by atoms with Gasteiger partial charge in [-0.15, -0.1) is 0 Å². The van der Waals surface area contributed by atoms with Gasteiger partial charge in [0, 0.05) is 0 Å². The number of hydrogen-bond donors (Lipinski definition) is 1. The average molecular weight is 400 g/mol. The molecule has 2 aromatic rings. The smallest absolute Gasteiger partial charge is 0.307 e. The van der Waals surface area contributed by atoms with E-state index in [0.717, 1.165) is 23.4 Å². The third-order valence-electron chi connectivity index (χ3n) is 3.43. The van der Waals surface area contributed by atoms with Gasteiger partial charge in [0.05, 0.1) is 15.5 Å². The molecule has 0 radical (unpaired) electrons. The van der Waals surface area contributed by atoms with Crippen molar-refractivity contribution in [2.24, 2.45) is 0 Å². The minimum atomic E-state index is -4.49. The second-order valence-electron chi connectivity index (χ2n) is 5.17. The Balaban J connectivity index is 1.95. The number of thiocarbonyl (C=S) groups is 1. The first-order chi connectivity index (χ1) is 11.7. The molecule has 1 saturated heterocycles. The maximum atomic E-state index is 12.8. The summed E-state index contributed by atoms with van der Waals surface area (Å²) < 4.78 is 38.8. The van der Waals surface area contributed by atoms with E-state index in [2.05, 4.69) is 5.32 Å². The molecule has 3 rings (SSSR count). The lowest BCUT2D eigenvalue weighted by molar-refractivity contribution is -0.137. The Morgan fingerprint density at radius 2 is 1.84 bits per heavy atom. The summed E-state index contributed by atoms with van der Waals surface area (Å²) in [4.78, 5) is 12.2. The van der Waals surface area contributed by atoms with E-state index < -0.39 is 11.7 Å². The molecule has 2 aromatic carbocycles. The second kappa shape index (κ2) is 6.82. The van der Waals surface area contributed by atoms with Crippen LogP contribution < -0.4 is 5.32 Å². The Bertz CT molecular complexity index is 909. The zero-order chi connectivity index (χ0) is 18.2. The highest BCUT2D eigenvalue weighted by Crippen LogP contribution is 2.37. The Labute approximate surface area is 156 Å². The summed E-state index contributed by atoms with van der Waals surface area (Å²) in [6.07, 6.45) is -2.82. The third kappa shape index (κ3) is 4.05. The standard InChI is InChI=1S/C17H9ClF3NOS2/c18-13-8-11(4-5-12(13)17(19,20)21)10-3-1-2-9(6-10)7-14-15(23)22-16(24)25-14/h1-8H,(H,22,23,24). The number of nitrogens with one attached hydrogen (secondary N) is 1. The van der Waals surface area contributed by atoms with Crippen molar-refractivity contribution in [1.82, 2.24) is 5.32 Å². The lowest BCUT2D eigenvalue weighted by Gasteiger charge is -2.11. The van der Waals surface area contributed by atoms with Gasteiger partial charge in [-0.3, -0.25) is 4.79 Å². The predicted octanol–water partition coefficient (Wildman–Crippen LogP) is 5.51. The Morgan fingerprint density at radius 3 is 2.44 bits per heavy atom. The molecule has 0 unspecified atom stereocenters. The lowest BCUT2D eigenvalue weighted by atomic mass is 10.0. The first-order valence-corrected chi connectivity index (χ1v) is 8.56. The van der Waals surface area contributed by atoms with Crippen molar-refractivity contribution in [2.75, 3.05) is 0 Å². The lowest BCUT2D eigenvalue weighted by Crippen LogP contribution is -2.17. The van der Waals surface area contributed by atoms with Gasteiger partial charge < -0.3 is 5.32 Å². The van der Waals surface area contributed by atoms with Crippen LogP contribution in [0.25, 0.3) is 17.2 Å². The van der Waals surface area contributed by atoms with Crippen LogP contribution in [0.15, 0.2) is 47.4 Å². The monoisotopic (exact) mass is 399 g/mol. The summed E-state index contributed by atoms with van der Waals surface area (Å²) in [5, 5.41) is 2.17. The molecule has 0 saturated carbocycles. The van der Waals surface area contributed by atoms with Crippen molar-refractivity contribution in [3.05, 3.63) is 63.5 Å². The van der Waals surface area contributed by atoms with Crippen molar-refractivity contribution in [2.45, 2.75) is 6.18 Å². The summed E-state index contributed by atoms with van der Waals surface area (Å²) in [6.45, 7) is 0. The number of benzene rings is 2. The van der Waals surface area contributed by atoms with Crippen LogP contribution in [-0.2, 0) is 11.0 Å². The van der Waals surface area contributed by atoms with E-state index >= 15 is 0 Å². The van der Waals surface area contributed by atoms with Crippen LogP contribution in [0.4, 0.5) is 13.2 Å². The van der Waals surface area contributed by atoms with Gasteiger partial charge in [-0.1, -0.05) is 59.8 Å². The van der Waals surface area contributed by atoms with Crippen LogP contribution in [0, 0.1) is 0 Å². The van der Waals surface area contributed by atoms with E-state index in [1.54, 1.807) is 30.3 Å². The maximum Gasteiger partial charge on any atom is 0.417 e. The fourth-order valence-corrected chi connectivity index (χ4v) is 3.64. The Hall–Kier alpha value is -1.83. The predicted molar refractivity (Wildman–Crippen MR) is 98.2 cm³/mol. The number of carbonyl (C=O) groups excluding carboxylic acids is 1. The molecule has 25 heavy (non-hydrogen) atoms. The highest BCUT2D eigenvalue weighted by molar-refractivity contribution is 8.26. The molecule has 1 aliphatic rings.